The van der Waals surface area contributed by atoms with Crippen molar-refractivity contribution in [3.8, 4) is 0 Å². The zero-order valence-corrected chi connectivity index (χ0v) is 9.95. The predicted octanol–water partition coefficient (Wildman–Crippen LogP) is 0.652. The molecule has 7 heteroatoms. The van der Waals surface area contributed by atoms with Gasteiger partial charge in [0.1, 0.15) is 11.9 Å². The molecule has 5 N–H and O–H groups in total. The smallest absolute Gasteiger partial charge is 0.337 e. The fourth-order valence-corrected chi connectivity index (χ4v) is 1.40. The van der Waals surface area contributed by atoms with Crippen LogP contribution in [0.5, 0.6) is 0 Å². The molecule has 1 aromatic carbocycles. The normalized spacial score (nSPS) is 11.7. The van der Waals surface area contributed by atoms with E-state index in [-0.39, 0.29) is 22.8 Å². The third-order valence-electron chi connectivity index (χ3n) is 2.38. The van der Waals surface area contributed by atoms with Crippen LogP contribution >= 0.6 is 0 Å². The van der Waals surface area contributed by atoms with E-state index in [1.165, 1.54) is 14.0 Å². The van der Waals surface area contributed by atoms with Crippen LogP contribution in [0.2, 0.25) is 0 Å². The zero-order valence-electron chi connectivity index (χ0n) is 9.95. The molecule has 1 amide bonds. The van der Waals surface area contributed by atoms with Gasteiger partial charge in [-0.1, -0.05) is 0 Å². The van der Waals surface area contributed by atoms with Crippen LogP contribution in [-0.2, 0) is 4.79 Å². The number of amides is 1. The van der Waals surface area contributed by atoms with Crippen molar-refractivity contribution in [2.24, 2.45) is 0 Å². The van der Waals surface area contributed by atoms with Crippen molar-refractivity contribution in [1.82, 2.24) is 5.32 Å². The minimum Gasteiger partial charge on any atom is -0.478 e. The average Bonchev–Trinajstić information content (AvgIpc) is 2.30. The number of hydrogen-bond acceptors (Lipinski definition) is 4. The number of carbonyl (C=O) groups excluding carboxylic acids is 1. The molecule has 98 valence electrons. The number of hydrogen-bond donors (Lipinski definition) is 4. The molecule has 0 aliphatic rings. The van der Waals surface area contributed by atoms with Gasteiger partial charge < -0.3 is 21.5 Å². The molecule has 0 radical (unpaired) electrons. The molecule has 1 rings (SSSR count). The lowest BCUT2D eigenvalue weighted by Crippen LogP contribution is -2.35. The SMILES string of the molecule is CNC(=O)C(C)Nc1cc(C(=O)O)c(N)cc1F. The van der Waals surface area contributed by atoms with Crippen molar-refractivity contribution in [2.75, 3.05) is 18.1 Å². The van der Waals surface area contributed by atoms with Crippen LogP contribution in [-0.4, -0.2) is 30.1 Å². The summed E-state index contributed by atoms with van der Waals surface area (Å²) in [4.78, 5) is 22.1. The lowest BCUT2D eigenvalue weighted by atomic mass is 10.1. The third-order valence-corrected chi connectivity index (χ3v) is 2.38. The van der Waals surface area contributed by atoms with Gasteiger partial charge in [-0.15, -0.1) is 0 Å². The lowest BCUT2D eigenvalue weighted by Gasteiger charge is -2.15. The van der Waals surface area contributed by atoms with Crippen molar-refractivity contribution < 1.29 is 19.1 Å². The first-order valence-corrected chi connectivity index (χ1v) is 5.17. The number of rotatable bonds is 4. The number of carbonyl (C=O) groups is 2. The first kappa shape index (κ1) is 13.8. The number of carboxylic acids is 1. The summed E-state index contributed by atoms with van der Waals surface area (Å²) < 4.78 is 13.6. The van der Waals surface area contributed by atoms with Gasteiger partial charge in [0.25, 0.3) is 0 Å². The number of nitrogens with one attached hydrogen (secondary N) is 2. The summed E-state index contributed by atoms with van der Waals surface area (Å²) in [6.45, 7) is 1.52. The Balaban J connectivity index is 3.06. The summed E-state index contributed by atoms with van der Waals surface area (Å²) >= 11 is 0. The summed E-state index contributed by atoms with van der Waals surface area (Å²) in [6.07, 6.45) is 0. The van der Waals surface area contributed by atoms with E-state index in [0.717, 1.165) is 12.1 Å². The molecule has 0 heterocycles. The minimum atomic E-state index is -1.26. The number of carboxylic acid groups (broad SMARTS) is 1. The van der Waals surface area contributed by atoms with E-state index in [1.807, 2.05) is 0 Å². The van der Waals surface area contributed by atoms with E-state index in [9.17, 15) is 14.0 Å². The van der Waals surface area contributed by atoms with Crippen molar-refractivity contribution in [2.45, 2.75) is 13.0 Å². The van der Waals surface area contributed by atoms with E-state index in [1.54, 1.807) is 0 Å². The Hall–Kier alpha value is -2.31. The Morgan fingerprint density at radius 3 is 2.56 bits per heavy atom. The quantitative estimate of drug-likeness (QED) is 0.591. The molecule has 0 fully saturated rings. The highest BCUT2D eigenvalue weighted by atomic mass is 19.1. The first-order chi connectivity index (χ1) is 8.36. The summed E-state index contributed by atoms with van der Waals surface area (Å²) in [5, 5.41) is 13.8. The molecular weight excluding hydrogens is 241 g/mol. The summed E-state index contributed by atoms with van der Waals surface area (Å²) in [5.74, 6) is -2.32. The maximum absolute atomic E-state index is 13.6. The number of nitrogens with two attached hydrogens (primary N) is 1. The Morgan fingerprint density at radius 2 is 2.06 bits per heavy atom. The lowest BCUT2D eigenvalue weighted by molar-refractivity contribution is -0.121. The first-order valence-electron chi connectivity index (χ1n) is 5.17. The van der Waals surface area contributed by atoms with Crippen LogP contribution in [0.4, 0.5) is 15.8 Å². The number of nitrogen functional groups attached to an aromatic ring is 1. The van der Waals surface area contributed by atoms with Crippen LogP contribution < -0.4 is 16.4 Å². The highest BCUT2D eigenvalue weighted by Crippen LogP contribution is 2.22. The van der Waals surface area contributed by atoms with E-state index < -0.39 is 17.8 Å². The van der Waals surface area contributed by atoms with Crippen LogP contribution in [0.3, 0.4) is 0 Å². The molecular formula is C11H14FN3O3. The highest BCUT2D eigenvalue weighted by Gasteiger charge is 2.17. The molecule has 1 unspecified atom stereocenters. The fraction of sp³-hybridized carbons (Fsp3) is 0.273. The molecule has 18 heavy (non-hydrogen) atoms. The van der Waals surface area contributed by atoms with Crippen LogP contribution in [0, 0.1) is 5.82 Å². The third kappa shape index (κ3) is 2.88. The predicted molar refractivity (Wildman–Crippen MR) is 64.9 cm³/mol. The molecule has 0 aliphatic heterocycles. The molecule has 0 bridgehead atoms. The topological polar surface area (TPSA) is 104 Å². The summed E-state index contributed by atoms with van der Waals surface area (Å²) in [6, 6.07) is 1.27. The van der Waals surface area contributed by atoms with Crippen molar-refractivity contribution >= 4 is 23.3 Å². The molecule has 0 aromatic heterocycles. The second-order valence-corrected chi connectivity index (χ2v) is 3.70. The van der Waals surface area contributed by atoms with Crippen molar-refractivity contribution in [3.05, 3.63) is 23.5 Å². The summed E-state index contributed by atoms with van der Waals surface area (Å²) in [5.41, 5.74) is 4.91. The molecule has 1 atom stereocenters. The zero-order chi connectivity index (χ0) is 13.9. The Morgan fingerprint density at radius 1 is 1.44 bits per heavy atom. The number of benzene rings is 1. The van der Waals surface area contributed by atoms with Gasteiger partial charge in [-0.25, -0.2) is 9.18 Å². The van der Waals surface area contributed by atoms with Crippen LogP contribution in [0.15, 0.2) is 12.1 Å². The monoisotopic (exact) mass is 255 g/mol. The van der Waals surface area contributed by atoms with Gasteiger partial charge in [0.15, 0.2) is 0 Å². The Bertz CT molecular complexity index is 491. The minimum absolute atomic E-state index is 0.0855. The number of likely N-dealkylation sites (N-methyl/N-ethyl adjacent to an activating group) is 1. The number of halogens is 1. The van der Waals surface area contributed by atoms with Crippen LogP contribution in [0.1, 0.15) is 17.3 Å². The largest absolute Gasteiger partial charge is 0.478 e. The maximum atomic E-state index is 13.6. The summed E-state index contributed by atoms with van der Waals surface area (Å²) in [7, 11) is 1.45. The van der Waals surface area contributed by atoms with Gasteiger partial charge in [0.05, 0.1) is 11.3 Å². The van der Waals surface area contributed by atoms with E-state index in [2.05, 4.69) is 10.6 Å². The van der Waals surface area contributed by atoms with E-state index in [0.29, 0.717) is 0 Å². The molecule has 0 aliphatic carbocycles. The average molecular weight is 255 g/mol. The van der Waals surface area contributed by atoms with Gasteiger partial charge in [0.2, 0.25) is 5.91 Å². The Kier molecular flexibility index (Phi) is 4.09. The highest BCUT2D eigenvalue weighted by molar-refractivity contribution is 5.95. The van der Waals surface area contributed by atoms with Crippen molar-refractivity contribution in [1.29, 1.82) is 0 Å². The second-order valence-electron chi connectivity index (χ2n) is 3.70. The van der Waals surface area contributed by atoms with Gasteiger partial charge in [0, 0.05) is 12.7 Å². The number of anilines is 2. The van der Waals surface area contributed by atoms with E-state index in [4.69, 9.17) is 10.8 Å². The Labute approximate surface area is 103 Å². The number of aromatic carboxylic acids is 1. The van der Waals surface area contributed by atoms with Crippen molar-refractivity contribution in [3.63, 3.8) is 0 Å². The molecule has 1 aromatic rings. The molecule has 0 saturated heterocycles. The molecule has 0 saturated carbocycles. The van der Waals surface area contributed by atoms with Gasteiger partial charge in [-0.3, -0.25) is 4.79 Å². The molecule has 6 nitrogen and oxygen atoms in total. The van der Waals surface area contributed by atoms with Gasteiger partial charge in [-0.2, -0.15) is 0 Å². The second kappa shape index (κ2) is 5.35. The standard InChI is InChI=1S/C11H14FN3O3/c1-5(10(16)14-2)15-9-3-6(11(17)18)8(13)4-7(9)12/h3-5,15H,13H2,1-2H3,(H,14,16)(H,17,18). The van der Waals surface area contributed by atoms with E-state index >= 15 is 0 Å². The molecule has 0 spiro atoms. The fourth-order valence-electron chi connectivity index (χ4n) is 1.40. The maximum Gasteiger partial charge on any atom is 0.337 e. The van der Waals surface area contributed by atoms with Crippen LogP contribution in [0.25, 0.3) is 0 Å². The van der Waals surface area contributed by atoms with Gasteiger partial charge >= 0.3 is 5.97 Å². The van der Waals surface area contributed by atoms with Gasteiger partial charge in [-0.05, 0) is 19.1 Å².